The Hall–Kier alpha value is -3.83. The van der Waals surface area contributed by atoms with E-state index in [9.17, 15) is 0 Å². The smallest absolute Gasteiger partial charge is 0.121 e. The SMILES string of the molecule is [2H]C([2H])([2H])c1c[c-]c(-c2cc(C)[c]([Ge]([CH3])([CH3])[CH3])cn2)cc1.[2H]c1c([2H])c([2H])c(-c2ccc3c(c2)oc2c(-c4ccccn4)[c-]ccc23)c([2H])c1[2H].[Ir]. The van der Waals surface area contributed by atoms with Crippen LogP contribution in [0.25, 0.3) is 55.6 Å². The molecule has 0 fully saturated rings. The Labute approximate surface area is 287 Å². The fourth-order valence-corrected chi connectivity index (χ4v) is 8.65. The van der Waals surface area contributed by atoms with Gasteiger partial charge in [-0.25, -0.2) is 0 Å². The Morgan fingerprint density at radius 2 is 1.68 bits per heavy atom. The zero-order valence-electron chi connectivity index (χ0n) is 32.7. The van der Waals surface area contributed by atoms with Gasteiger partial charge in [-0.15, -0.1) is 18.2 Å². The molecule has 7 rings (SSSR count). The third-order valence-corrected chi connectivity index (χ3v) is 11.6. The first-order valence-electron chi connectivity index (χ1n) is 17.9. The van der Waals surface area contributed by atoms with Crippen molar-refractivity contribution in [3.8, 4) is 33.6 Å². The van der Waals surface area contributed by atoms with Crippen LogP contribution < -0.4 is 4.40 Å². The number of fused-ring (bicyclic) bond motifs is 3. The van der Waals surface area contributed by atoms with Gasteiger partial charge in [-0.2, -0.15) is 0 Å². The van der Waals surface area contributed by atoms with Crippen LogP contribution in [-0.2, 0) is 20.1 Å². The van der Waals surface area contributed by atoms with E-state index in [1.165, 1.54) is 16.0 Å². The quantitative estimate of drug-likeness (QED) is 0.131. The van der Waals surface area contributed by atoms with Crippen molar-refractivity contribution in [1.29, 1.82) is 0 Å². The minimum Gasteiger partial charge on any atom is -0.501 e. The van der Waals surface area contributed by atoms with Crippen molar-refractivity contribution in [3.63, 3.8) is 0 Å². The van der Waals surface area contributed by atoms with Crippen molar-refractivity contribution < 1.29 is 35.5 Å². The van der Waals surface area contributed by atoms with Crippen LogP contribution in [0.3, 0.4) is 0 Å². The van der Waals surface area contributed by atoms with Gasteiger partial charge in [0.05, 0.1) is 12.4 Å². The number of pyridine rings is 2. The number of furan rings is 1. The van der Waals surface area contributed by atoms with E-state index < -0.39 is 26.2 Å². The number of aryl methyl sites for hydroxylation is 2. The molecule has 0 aliphatic heterocycles. The summed E-state index contributed by atoms with van der Waals surface area (Å²) in [6, 6.07) is 26.3. The van der Waals surface area contributed by atoms with Gasteiger partial charge in [0, 0.05) is 31.7 Å². The molecule has 0 unspecified atom stereocenters. The molecule has 0 spiro atoms. The van der Waals surface area contributed by atoms with Crippen molar-refractivity contribution in [2.45, 2.75) is 31.0 Å². The molecule has 44 heavy (non-hydrogen) atoms. The summed E-state index contributed by atoms with van der Waals surface area (Å²) in [6.45, 7) is 0.0375. The fourth-order valence-electron chi connectivity index (χ4n) is 5.06. The summed E-state index contributed by atoms with van der Waals surface area (Å²) in [5, 5.41) is 1.77. The number of benzene rings is 4. The summed E-state index contributed by atoms with van der Waals surface area (Å²) >= 11 is -1.89. The Morgan fingerprint density at radius 1 is 0.841 bits per heavy atom. The summed E-state index contributed by atoms with van der Waals surface area (Å²) in [5.74, 6) is 7.04. The summed E-state index contributed by atoms with van der Waals surface area (Å²) in [6.07, 6.45) is 3.69. The van der Waals surface area contributed by atoms with Crippen molar-refractivity contribution >= 4 is 39.6 Å². The van der Waals surface area contributed by atoms with Gasteiger partial charge >= 0.3 is 117 Å². The number of rotatable bonds is 4. The molecule has 3 nitrogen and oxygen atoms in total. The Balaban J connectivity index is 0.000000210. The van der Waals surface area contributed by atoms with Gasteiger partial charge in [-0.05, 0) is 29.0 Å². The van der Waals surface area contributed by atoms with Crippen LogP contribution in [0.2, 0.25) is 17.3 Å². The summed E-state index contributed by atoms with van der Waals surface area (Å²) in [7, 11) is 0. The zero-order valence-corrected chi connectivity index (χ0v) is 29.2. The molecular weight excluding hydrogens is 777 g/mol. The molecule has 0 N–H and O–H groups in total. The molecule has 4 aromatic carbocycles. The predicted octanol–water partition coefficient (Wildman–Crippen LogP) is 9.82. The Kier molecular flexibility index (Phi) is 6.92. The van der Waals surface area contributed by atoms with E-state index in [0.29, 0.717) is 22.3 Å². The predicted molar refractivity (Wildman–Crippen MR) is 182 cm³/mol. The maximum absolute atomic E-state index is 8.22. The molecule has 0 saturated heterocycles. The third kappa shape index (κ3) is 6.78. The number of aromatic nitrogens is 2. The molecule has 5 heteroatoms. The normalized spacial score (nSPS) is 14.0. The molecule has 0 aliphatic rings. The fraction of sp³-hybridized carbons (Fsp3) is 0.128. The van der Waals surface area contributed by atoms with Crippen LogP contribution in [0.4, 0.5) is 0 Å². The van der Waals surface area contributed by atoms with E-state index in [-0.39, 0.29) is 49.8 Å². The second kappa shape index (κ2) is 13.4. The first-order chi connectivity index (χ1) is 24.1. The molecular formula is C39H34GeIrN2O-2. The van der Waals surface area contributed by atoms with E-state index in [4.69, 9.17) is 15.4 Å². The monoisotopic (exact) mass is 821 g/mol. The van der Waals surface area contributed by atoms with E-state index in [0.717, 1.165) is 33.3 Å². The molecule has 0 amide bonds. The first-order valence-corrected chi connectivity index (χ1v) is 21.3. The van der Waals surface area contributed by atoms with Crippen LogP contribution in [0.1, 0.15) is 22.1 Å². The minimum atomic E-state index is -2.08. The number of nitrogens with zero attached hydrogens (tertiary/aromatic N) is 2. The maximum Gasteiger partial charge on any atom is 0.121 e. The third-order valence-electron chi connectivity index (χ3n) is 7.15. The van der Waals surface area contributed by atoms with Crippen LogP contribution in [0.5, 0.6) is 0 Å². The molecule has 3 heterocycles. The van der Waals surface area contributed by atoms with Crippen LogP contribution >= 0.6 is 0 Å². The molecule has 0 saturated carbocycles. The molecule has 0 bridgehead atoms. The molecule has 221 valence electrons. The van der Waals surface area contributed by atoms with Crippen LogP contribution in [-0.4, -0.2) is 23.2 Å². The topological polar surface area (TPSA) is 38.9 Å². The number of hydrogen-bond acceptors (Lipinski definition) is 3. The van der Waals surface area contributed by atoms with Crippen LogP contribution in [0.15, 0.2) is 120 Å². The average molecular weight is 820 g/mol. The van der Waals surface area contributed by atoms with E-state index in [2.05, 4.69) is 52.4 Å². The van der Waals surface area contributed by atoms with E-state index >= 15 is 0 Å². The molecule has 1 radical (unpaired) electrons. The van der Waals surface area contributed by atoms with Crippen molar-refractivity contribution in [2.24, 2.45) is 0 Å². The maximum atomic E-state index is 8.22. The van der Waals surface area contributed by atoms with Gasteiger partial charge < -0.3 is 9.40 Å². The second-order valence-electron chi connectivity index (χ2n) is 11.2. The average Bonchev–Trinajstić information content (AvgIpc) is 3.48. The summed E-state index contributed by atoms with van der Waals surface area (Å²) < 4.78 is 69.7. The summed E-state index contributed by atoms with van der Waals surface area (Å²) in [4.78, 5) is 8.93. The number of hydrogen-bond donors (Lipinski definition) is 0. The van der Waals surface area contributed by atoms with Gasteiger partial charge in [0.15, 0.2) is 0 Å². The Bertz CT molecular complexity index is 2380. The molecule has 0 atom stereocenters. The minimum absolute atomic E-state index is 0. The largest absolute Gasteiger partial charge is 0.501 e. The Morgan fingerprint density at radius 3 is 2.36 bits per heavy atom. The van der Waals surface area contributed by atoms with Gasteiger partial charge in [0.2, 0.25) is 0 Å². The van der Waals surface area contributed by atoms with Gasteiger partial charge in [0.25, 0.3) is 0 Å². The van der Waals surface area contributed by atoms with Crippen LogP contribution in [0, 0.1) is 25.9 Å². The summed E-state index contributed by atoms with van der Waals surface area (Å²) in [5.41, 5.74) is 6.60. The zero-order chi connectivity index (χ0) is 36.8. The van der Waals surface area contributed by atoms with Crippen molar-refractivity contribution in [3.05, 3.63) is 139 Å². The van der Waals surface area contributed by atoms with Gasteiger partial charge in [0.1, 0.15) is 5.58 Å². The first kappa shape index (κ1) is 22.6. The van der Waals surface area contributed by atoms with E-state index in [1.807, 2.05) is 42.6 Å². The second-order valence-corrected chi connectivity index (χ2v) is 21.8. The molecule has 7 aromatic rings. The molecule has 3 aromatic heterocycles. The van der Waals surface area contributed by atoms with Crippen molar-refractivity contribution in [2.75, 3.05) is 0 Å². The van der Waals surface area contributed by atoms with Crippen molar-refractivity contribution in [1.82, 2.24) is 9.97 Å². The standard InChI is InChI=1S/C23H14NO.C16H20GeN.Ir/c1-2-7-16(8-3-1)17-12-13-18-19-9-6-10-20(21-11-4-5-14-24-21)23(19)25-22(18)15-17;1-12-6-8-14(9-7-12)16-10-13(2)15(11-18-16)17(3,4)5;/h1-9,11-15H;6-8,10-11H,1-5H3;/q2*-1;/i1D,2D,3D,7D,8D;1D3;. The van der Waals surface area contributed by atoms with E-state index in [1.54, 1.807) is 30.5 Å². The van der Waals surface area contributed by atoms with Gasteiger partial charge in [-0.1, -0.05) is 65.4 Å². The molecule has 0 aliphatic carbocycles. The van der Waals surface area contributed by atoms with Gasteiger partial charge in [-0.3, -0.25) is 0 Å².